The fourth-order valence-electron chi connectivity index (χ4n) is 1.39. The maximum atomic E-state index is 11.3. The molecule has 0 aromatic heterocycles. The van der Waals surface area contributed by atoms with E-state index in [4.69, 9.17) is 11.2 Å². The molecule has 0 saturated carbocycles. The number of nitrogens with one attached hydrogen (secondary N) is 1. The summed E-state index contributed by atoms with van der Waals surface area (Å²) in [5, 5.41) is 2.89. The fraction of sp³-hybridized carbons (Fsp3) is 0.750. The van der Waals surface area contributed by atoms with Crippen LogP contribution in [-0.2, 0) is 9.53 Å². The van der Waals surface area contributed by atoms with Crippen molar-refractivity contribution in [1.29, 1.82) is 0 Å². The van der Waals surface area contributed by atoms with Crippen molar-refractivity contribution in [2.45, 2.75) is 44.6 Å². The molecule has 0 radical (unpaired) electrons. The average Bonchev–Trinajstić information content (AvgIpc) is 3.01. The number of ether oxygens (including phenoxy) is 1. The van der Waals surface area contributed by atoms with Crippen LogP contribution in [-0.4, -0.2) is 25.2 Å². The zero-order chi connectivity index (χ0) is 10.9. The van der Waals surface area contributed by atoms with Gasteiger partial charge >= 0.3 is 0 Å². The predicted octanol–water partition coefficient (Wildman–Crippen LogP) is 1.48. The molecule has 1 unspecified atom stereocenters. The minimum Gasteiger partial charge on any atom is -0.373 e. The molecule has 84 valence electrons. The molecule has 1 N–H and O–H groups in total. The number of carbonyl (C=O) groups is 1. The first-order valence-corrected chi connectivity index (χ1v) is 5.64. The van der Waals surface area contributed by atoms with Crippen LogP contribution in [0.1, 0.15) is 38.5 Å². The lowest BCUT2D eigenvalue weighted by Crippen LogP contribution is -2.24. The highest BCUT2D eigenvalue weighted by Crippen LogP contribution is 2.16. The molecule has 1 amide bonds. The smallest absolute Gasteiger partial charge is 0.219 e. The highest BCUT2D eigenvalue weighted by molar-refractivity contribution is 5.75. The Bertz CT molecular complexity index is 228. The molecule has 0 spiro atoms. The number of hydrogen-bond donors (Lipinski definition) is 1. The van der Waals surface area contributed by atoms with Gasteiger partial charge in [0.15, 0.2) is 0 Å². The van der Waals surface area contributed by atoms with E-state index in [1.54, 1.807) is 0 Å². The van der Waals surface area contributed by atoms with Crippen LogP contribution < -0.4 is 5.32 Å². The molecule has 1 rings (SSSR count). The van der Waals surface area contributed by atoms with Crippen LogP contribution in [0.2, 0.25) is 0 Å². The predicted molar refractivity (Wildman–Crippen MR) is 59.3 cm³/mol. The van der Waals surface area contributed by atoms with Crippen LogP contribution in [0.4, 0.5) is 0 Å². The summed E-state index contributed by atoms with van der Waals surface area (Å²) in [6, 6.07) is 0. The van der Waals surface area contributed by atoms with E-state index >= 15 is 0 Å². The third-order valence-corrected chi connectivity index (χ3v) is 2.40. The van der Waals surface area contributed by atoms with Crippen LogP contribution in [0.15, 0.2) is 0 Å². The van der Waals surface area contributed by atoms with Gasteiger partial charge in [0.25, 0.3) is 0 Å². The van der Waals surface area contributed by atoms with E-state index in [0.29, 0.717) is 12.5 Å². The Hall–Kier alpha value is -1.01. The van der Waals surface area contributed by atoms with E-state index in [9.17, 15) is 4.79 Å². The summed E-state index contributed by atoms with van der Waals surface area (Å²) >= 11 is 0. The summed E-state index contributed by atoms with van der Waals surface area (Å²) in [6.07, 6.45) is 10.9. The summed E-state index contributed by atoms with van der Waals surface area (Å²) in [5.41, 5.74) is 0. The quantitative estimate of drug-likeness (QED) is 0.374. The number of epoxide rings is 1. The maximum absolute atomic E-state index is 11.3. The second-order valence-corrected chi connectivity index (χ2v) is 3.86. The molecule has 1 aliphatic rings. The minimum absolute atomic E-state index is 0.149. The van der Waals surface area contributed by atoms with E-state index < -0.39 is 0 Å². The van der Waals surface area contributed by atoms with Gasteiger partial charge in [0.2, 0.25) is 5.91 Å². The maximum Gasteiger partial charge on any atom is 0.219 e. The summed E-state index contributed by atoms with van der Waals surface area (Å²) < 4.78 is 5.07. The van der Waals surface area contributed by atoms with Crippen molar-refractivity contribution >= 4 is 5.91 Å². The van der Waals surface area contributed by atoms with Crippen LogP contribution in [0.3, 0.4) is 0 Å². The standard InChI is InChI=1S/C12H19NO2/c1-2-3-4-5-9-13-12(14)8-6-7-11-10-15-11/h1,11H,3-10H2,(H,13,14). The monoisotopic (exact) mass is 209 g/mol. The molecular weight excluding hydrogens is 190 g/mol. The Labute approximate surface area is 91.6 Å². The van der Waals surface area contributed by atoms with Gasteiger partial charge in [0.1, 0.15) is 0 Å². The van der Waals surface area contributed by atoms with Gasteiger partial charge in [-0.25, -0.2) is 0 Å². The number of unbranched alkanes of at least 4 members (excludes halogenated alkanes) is 2. The summed E-state index contributed by atoms with van der Waals surface area (Å²) in [6.45, 7) is 1.63. The van der Waals surface area contributed by atoms with Crippen molar-refractivity contribution in [3.63, 3.8) is 0 Å². The summed E-state index contributed by atoms with van der Waals surface area (Å²) in [4.78, 5) is 11.3. The molecule has 1 fully saturated rings. The van der Waals surface area contributed by atoms with Crippen molar-refractivity contribution in [2.24, 2.45) is 0 Å². The second kappa shape index (κ2) is 7.30. The molecule has 3 nitrogen and oxygen atoms in total. The van der Waals surface area contributed by atoms with E-state index in [0.717, 1.165) is 45.3 Å². The first-order chi connectivity index (χ1) is 7.33. The van der Waals surface area contributed by atoms with E-state index in [1.807, 2.05) is 0 Å². The number of carbonyl (C=O) groups excluding carboxylic acids is 1. The van der Waals surface area contributed by atoms with E-state index in [1.165, 1.54) is 0 Å². The first kappa shape index (κ1) is 12.1. The Morgan fingerprint density at radius 1 is 1.47 bits per heavy atom. The highest BCUT2D eigenvalue weighted by Gasteiger charge is 2.21. The molecule has 0 aromatic rings. The number of rotatable bonds is 8. The normalized spacial score (nSPS) is 18.2. The zero-order valence-corrected chi connectivity index (χ0v) is 9.13. The first-order valence-electron chi connectivity index (χ1n) is 5.64. The van der Waals surface area contributed by atoms with Crippen LogP contribution in [0, 0.1) is 12.3 Å². The number of amides is 1. The van der Waals surface area contributed by atoms with Gasteiger partial charge in [-0.1, -0.05) is 0 Å². The van der Waals surface area contributed by atoms with Gasteiger partial charge < -0.3 is 10.1 Å². The molecule has 0 aliphatic carbocycles. The van der Waals surface area contributed by atoms with Gasteiger partial charge in [-0.15, -0.1) is 12.3 Å². The molecule has 0 aromatic carbocycles. The van der Waals surface area contributed by atoms with Gasteiger partial charge in [0, 0.05) is 19.4 Å². The van der Waals surface area contributed by atoms with Gasteiger partial charge in [-0.3, -0.25) is 4.79 Å². The minimum atomic E-state index is 0.149. The van der Waals surface area contributed by atoms with Crippen molar-refractivity contribution < 1.29 is 9.53 Å². The molecular formula is C12H19NO2. The molecule has 15 heavy (non-hydrogen) atoms. The fourth-order valence-corrected chi connectivity index (χ4v) is 1.39. The topological polar surface area (TPSA) is 41.6 Å². The van der Waals surface area contributed by atoms with Crippen LogP contribution in [0.5, 0.6) is 0 Å². The molecule has 1 heterocycles. The molecule has 0 bridgehead atoms. The Morgan fingerprint density at radius 3 is 2.93 bits per heavy atom. The molecule has 1 aliphatic heterocycles. The largest absolute Gasteiger partial charge is 0.373 e. The van der Waals surface area contributed by atoms with Crippen molar-refractivity contribution in [3.8, 4) is 12.3 Å². The van der Waals surface area contributed by atoms with Gasteiger partial charge in [0.05, 0.1) is 12.7 Å². The summed E-state index contributed by atoms with van der Waals surface area (Å²) in [5.74, 6) is 2.73. The van der Waals surface area contributed by atoms with E-state index in [2.05, 4.69) is 11.2 Å². The Kier molecular flexibility index (Phi) is 5.87. The Balaban J connectivity index is 1.82. The third kappa shape index (κ3) is 6.98. The third-order valence-electron chi connectivity index (χ3n) is 2.40. The van der Waals surface area contributed by atoms with Gasteiger partial charge in [-0.2, -0.15) is 0 Å². The lowest BCUT2D eigenvalue weighted by atomic mass is 10.2. The number of hydrogen-bond acceptors (Lipinski definition) is 2. The average molecular weight is 209 g/mol. The van der Waals surface area contributed by atoms with E-state index in [-0.39, 0.29) is 5.91 Å². The highest BCUT2D eigenvalue weighted by atomic mass is 16.6. The van der Waals surface area contributed by atoms with Crippen LogP contribution in [0.25, 0.3) is 0 Å². The molecule has 1 atom stereocenters. The van der Waals surface area contributed by atoms with Crippen molar-refractivity contribution in [1.82, 2.24) is 5.32 Å². The van der Waals surface area contributed by atoms with Gasteiger partial charge in [-0.05, 0) is 25.7 Å². The molecule has 1 saturated heterocycles. The van der Waals surface area contributed by atoms with Crippen molar-refractivity contribution in [2.75, 3.05) is 13.2 Å². The molecule has 3 heteroatoms. The number of terminal acetylenes is 1. The zero-order valence-electron chi connectivity index (χ0n) is 9.13. The Morgan fingerprint density at radius 2 is 2.27 bits per heavy atom. The lowest BCUT2D eigenvalue weighted by molar-refractivity contribution is -0.121. The van der Waals surface area contributed by atoms with Crippen LogP contribution >= 0.6 is 0 Å². The second-order valence-electron chi connectivity index (χ2n) is 3.86. The van der Waals surface area contributed by atoms with Crippen molar-refractivity contribution in [3.05, 3.63) is 0 Å². The lowest BCUT2D eigenvalue weighted by Gasteiger charge is -2.03. The SMILES string of the molecule is C#CCCCCNC(=O)CCCC1CO1. The summed E-state index contributed by atoms with van der Waals surface area (Å²) in [7, 11) is 0.